The highest BCUT2D eigenvalue weighted by molar-refractivity contribution is 7.10. The SMILES string of the molecule is Cc1ccccc1-c1cc(=O)c2cc(NC(=O)Cc3cccs3)ccc2o1. The minimum atomic E-state index is -0.135. The summed E-state index contributed by atoms with van der Waals surface area (Å²) in [6, 6.07) is 18.2. The lowest BCUT2D eigenvalue weighted by Gasteiger charge is -2.08. The third-order valence-corrected chi connectivity index (χ3v) is 5.21. The predicted molar refractivity (Wildman–Crippen MR) is 109 cm³/mol. The second kappa shape index (κ2) is 7.21. The number of carbonyl (C=O) groups is 1. The number of anilines is 1. The van der Waals surface area contributed by atoms with Crippen molar-refractivity contribution >= 4 is 33.9 Å². The number of rotatable bonds is 4. The van der Waals surface area contributed by atoms with Crippen molar-refractivity contribution < 1.29 is 9.21 Å². The average molecular weight is 375 g/mol. The molecule has 4 aromatic rings. The third-order valence-electron chi connectivity index (χ3n) is 4.34. The lowest BCUT2D eigenvalue weighted by atomic mass is 10.1. The Morgan fingerprint density at radius 3 is 2.70 bits per heavy atom. The van der Waals surface area contributed by atoms with Gasteiger partial charge in [-0.05, 0) is 42.1 Å². The Hall–Kier alpha value is -3.18. The van der Waals surface area contributed by atoms with Gasteiger partial charge in [-0.1, -0.05) is 30.3 Å². The van der Waals surface area contributed by atoms with Crippen molar-refractivity contribution in [3.05, 3.63) is 86.7 Å². The normalized spacial score (nSPS) is 10.9. The van der Waals surface area contributed by atoms with E-state index in [0.717, 1.165) is 16.0 Å². The van der Waals surface area contributed by atoms with Gasteiger partial charge in [0.1, 0.15) is 11.3 Å². The van der Waals surface area contributed by atoms with E-state index in [-0.39, 0.29) is 11.3 Å². The molecule has 2 aromatic carbocycles. The molecule has 1 amide bonds. The first-order chi connectivity index (χ1) is 13.1. The third kappa shape index (κ3) is 3.68. The van der Waals surface area contributed by atoms with Gasteiger partial charge >= 0.3 is 0 Å². The number of hydrogen-bond acceptors (Lipinski definition) is 4. The average Bonchev–Trinajstić information content (AvgIpc) is 3.15. The summed E-state index contributed by atoms with van der Waals surface area (Å²) in [5.74, 6) is 0.429. The van der Waals surface area contributed by atoms with E-state index in [1.54, 1.807) is 29.5 Å². The molecule has 0 saturated carbocycles. The van der Waals surface area contributed by atoms with E-state index in [1.165, 1.54) is 6.07 Å². The monoisotopic (exact) mass is 375 g/mol. The number of amides is 1. The number of aryl methyl sites for hydroxylation is 1. The van der Waals surface area contributed by atoms with Crippen LogP contribution in [-0.2, 0) is 11.2 Å². The number of thiophene rings is 1. The van der Waals surface area contributed by atoms with Gasteiger partial charge in [-0.25, -0.2) is 0 Å². The summed E-state index contributed by atoms with van der Waals surface area (Å²) in [4.78, 5) is 25.8. The fourth-order valence-corrected chi connectivity index (χ4v) is 3.70. The van der Waals surface area contributed by atoms with E-state index >= 15 is 0 Å². The standard InChI is InChI=1S/C22H17NO3S/c1-14-5-2-3-7-17(14)21-13-19(24)18-11-15(8-9-20(18)26-21)23-22(25)12-16-6-4-10-27-16/h2-11,13H,12H2,1H3,(H,23,25). The summed E-state index contributed by atoms with van der Waals surface area (Å²) in [5, 5.41) is 5.23. The zero-order valence-electron chi connectivity index (χ0n) is 14.7. The first-order valence-corrected chi connectivity index (χ1v) is 9.44. The first-order valence-electron chi connectivity index (χ1n) is 8.56. The van der Waals surface area contributed by atoms with E-state index in [1.807, 2.05) is 48.7 Å². The van der Waals surface area contributed by atoms with Gasteiger partial charge in [0, 0.05) is 22.2 Å². The van der Waals surface area contributed by atoms with Crippen LogP contribution in [0.4, 0.5) is 5.69 Å². The number of hydrogen-bond donors (Lipinski definition) is 1. The molecule has 0 radical (unpaired) electrons. The molecule has 0 saturated heterocycles. The van der Waals surface area contributed by atoms with Crippen molar-refractivity contribution in [1.29, 1.82) is 0 Å². The number of nitrogens with one attached hydrogen (secondary N) is 1. The predicted octanol–water partition coefficient (Wildman–Crippen LogP) is 5.01. The maximum absolute atomic E-state index is 12.6. The highest BCUT2D eigenvalue weighted by atomic mass is 32.1. The van der Waals surface area contributed by atoms with Crippen LogP contribution < -0.4 is 10.7 Å². The van der Waals surface area contributed by atoms with E-state index < -0.39 is 0 Å². The fourth-order valence-electron chi connectivity index (χ4n) is 2.99. The van der Waals surface area contributed by atoms with Crippen molar-refractivity contribution in [2.75, 3.05) is 5.32 Å². The lowest BCUT2D eigenvalue weighted by Crippen LogP contribution is -2.14. The molecule has 0 aliphatic carbocycles. The molecule has 0 spiro atoms. The number of fused-ring (bicyclic) bond motifs is 1. The van der Waals surface area contributed by atoms with E-state index in [4.69, 9.17) is 4.42 Å². The van der Waals surface area contributed by atoms with Crippen LogP contribution in [0.5, 0.6) is 0 Å². The largest absolute Gasteiger partial charge is 0.456 e. The molecule has 2 aromatic heterocycles. The van der Waals surface area contributed by atoms with Crippen molar-refractivity contribution in [2.24, 2.45) is 0 Å². The van der Waals surface area contributed by atoms with Gasteiger partial charge in [-0.15, -0.1) is 11.3 Å². The summed E-state index contributed by atoms with van der Waals surface area (Å²) in [6.07, 6.45) is 0.316. The number of benzene rings is 2. The van der Waals surface area contributed by atoms with Crippen LogP contribution in [0.3, 0.4) is 0 Å². The van der Waals surface area contributed by atoms with Gasteiger partial charge in [0.2, 0.25) is 5.91 Å². The summed E-state index contributed by atoms with van der Waals surface area (Å²) < 4.78 is 5.94. The van der Waals surface area contributed by atoms with E-state index in [9.17, 15) is 9.59 Å². The van der Waals surface area contributed by atoms with E-state index in [0.29, 0.717) is 28.8 Å². The van der Waals surface area contributed by atoms with Crippen LogP contribution in [0.2, 0.25) is 0 Å². The molecular weight excluding hydrogens is 358 g/mol. The van der Waals surface area contributed by atoms with Crippen molar-refractivity contribution in [1.82, 2.24) is 0 Å². The van der Waals surface area contributed by atoms with Crippen molar-refractivity contribution in [3.8, 4) is 11.3 Å². The van der Waals surface area contributed by atoms with Gasteiger partial charge in [-0.3, -0.25) is 9.59 Å². The van der Waals surface area contributed by atoms with Crippen LogP contribution >= 0.6 is 11.3 Å². The quantitative estimate of drug-likeness (QED) is 0.545. The van der Waals surface area contributed by atoms with Gasteiger partial charge in [0.05, 0.1) is 11.8 Å². The minimum absolute atomic E-state index is 0.113. The van der Waals surface area contributed by atoms with Crippen LogP contribution in [-0.4, -0.2) is 5.91 Å². The summed E-state index contributed by atoms with van der Waals surface area (Å²) in [5.41, 5.74) is 2.88. The molecule has 2 heterocycles. The Morgan fingerprint density at radius 1 is 1.07 bits per heavy atom. The van der Waals surface area contributed by atoms with Gasteiger partial charge in [-0.2, -0.15) is 0 Å². The fraction of sp³-hybridized carbons (Fsp3) is 0.0909. The zero-order valence-corrected chi connectivity index (χ0v) is 15.5. The molecule has 134 valence electrons. The molecule has 5 heteroatoms. The maximum atomic E-state index is 12.6. The summed E-state index contributed by atoms with van der Waals surface area (Å²) in [7, 11) is 0. The Labute approximate surface area is 160 Å². The zero-order chi connectivity index (χ0) is 18.8. The van der Waals surface area contributed by atoms with Crippen LogP contribution in [0.15, 0.2) is 75.3 Å². The number of carbonyl (C=O) groups excluding carboxylic acids is 1. The molecule has 0 aliphatic heterocycles. The summed E-state index contributed by atoms with van der Waals surface area (Å²) >= 11 is 1.54. The highest BCUT2D eigenvalue weighted by Gasteiger charge is 2.11. The second-order valence-electron chi connectivity index (χ2n) is 6.31. The van der Waals surface area contributed by atoms with Gasteiger partial charge < -0.3 is 9.73 Å². The Bertz CT molecular complexity index is 1180. The molecule has 0 unspecified atom stereocenters. The molecule has 4 nitrogen and oxygen atoms in total. The Morgan fingerprint density at radius 2 is 1.93 bits per heavy atom. The lowest BCUT2D eigenvalue weighted by molar-refractivity contribution is -0.115. The van der Waals surface area contributed by atoms with Crippen LogP contribution in [0.1, 0.15) is 10.4 Å². The molecule has 4 rings (SSSR count). The smallest absolute Gasteiger partial charge is 0.229 e. The molecule has 0 bridgehead atoms. The molecule has 0 atom stereocenters. The molecule has 0 fully saturated rings. The van der Waals surface area contributed by atoms with Gasteiger partial charge in [0.15, 0.2) is 5.43 Å². The topological polar surface area (TPSA) is 59.3 Å². The van der Waals surface area contributed by atoms with Gasteiger partial charge in [0.25, 0.3) is 0 Å². The molecule has 0 aliphatic rings. The van der Waals surface area contributed by atoms with Crippen LogP contribution in [0, 0.1) is 6.92 Å². The maximum Gasteiger partial charge on any atom is 0.229 e. The first kappa shape index (κ1) is 17.2. The molecule has 1 N–H and O–H groups in total. The van der Waals surface area contributed by atoms with E-state index in [2.05, 4.69) is 5.32 Å². The summed E-state index contributed by atoms with van der Waals surface area (Å²) in [6.45, 7) is 1.98. The Kier molecular flexibility index (Phi) is 4.60. The van der Waals surface area contributed by atoms with Crippen molar-refractivity contribution in [2.45, 2.75) is 13.3 Å². The molecular formula is C22H17NO3S. The molecule has 27 heavy (non-hydrogen) atoms. The minimum Gasteiger partial charge on any atom is -0.456 e. The van der Waals surface area contributed by atoms with Crippen molar-refractivity contribution in [3.63, 3.8) is 0 Å². The van der Waals surface area contributed by atoms with Crippen LogP contribution in [0.25, 0.3) is 22.3 Å². The highest BCUT2D eigenvalue weighted by Crippen LogP contribution is 2.26. The second-order valence-corrected chi connectivity index (χ2v) is 7.34. The Balaban J connectivity index is 1.64.